The number of hydrogen-bond acceptors (Lipinski definition) is 4. The number of halogens is 1. The van der Waals surface area contributed by atoms with Crippen LogP contribution in [0.15, 0.2) is 85.5 Å². The van der Waals surface area contributed by atoms with Gasteiger partial charge < -0.3 is 19.7 Å². The van der Waals surface area contributed by atoms with Crippen LogP contribution >= 0.6 is 23.8 Å². The van der Waals surface area contributed by atoms with E-state index < -0.39 is 0 Å². The molecule has 4 atom stereocenters. The third-order valence-electron chi connectivity index (χ3n) is 7.52. The first-order chi connectivity index (χ1) is 18.5. The van der Waals surface area contributed by atoms with Crippen LogP contribution in [0.25, 0.3) is 5.69 Å². The van der Waals surface area contributed by atoms with Gasteiger partial charge in [-0.2, -0.15) is 0 Å². The van der Waals surface area contributed by atoms with Gasteiger partial charge in [-0.25, -0.2) is 0 Å². The molecule has 2 fully saturated rings. The second kappa shape index (κ2) is 10.4. The molecule has 1 aromatic carbocycles. The highest BCUT2D eigenvalue weighted by atomic mass is 35.5. The van der Waals surface area contributed by atoms with E-state index in [-0.39, 0.29) is 12.1 Å². The van der Waals surface area contributed by atoms with Gasteiger partial charge in [0.25, 0.3) is 0 Å². The van der Waals surface area contributed by atoms with Crippen LogP contribution in [-0.2, 0) is 0 Å². The summed E-state index contributed by atoms with van der Waals surface area (Å²) in [6.45, 7) is 6.68. The van der Waals surface area contributed by atoms with Crippen LogP contribution < -0.4 is 15.1 Å². The molecule has 3 aromatic heterocycles. The average molecular weight is 543 g/mol. The fourth-order valence-corrected chi connectivity index (χ4v) is 6.70. The van der Waals surface area contributed by atoms with Gasteiger partial charge in [-0.1, -0.05) is 31.5 Å². The molecule has 0 saturated carbocycles. The fourth-order valence-electron chi connectivity index (χ4n) is 6.06. The maximum absolute atomic E-state index is 6.98. The molecule has 2 aliphatic heterocycles. The molecule has 0 aliphatic carbocycles. The van der Waals surface area contributed by atoms with Crippen LogP contribution in [0.1, 0.15) is 43.7 Å². The molecule has 0 bridgehead atoms. The summed E-state index contributed by atoms with van der Waals surface area (Å²) in [5.41, 5.74) is 5.05. The molecule has 1 N–H and O–H groups in total. The SMILES string of the molecule is C[C@@H]1C[C@H](C)CN(c2ccc(N3C(=S)N[C@H](c4ccccn4)[C@@H]3c3cccn3-c3cccnc3)cc2Cl)C1. The van der Waals surface area contributed by atoms with Crippen LogP contribution in [0, 0.1) is 11.8 Å². The topological polar surface area (TPSA) is 49.2 Å². The van der Waals surface area contributed by atoms with Gasteiger partial charge in [0.1, 0.15) is 6.04 Å². The Kier molecular flexibility index (Phi) is 6.80. The Morgan fingerprint density at radius 1 is 0.947 bits per heavy atom. The van der Waals surface area contributed by atoms with Gasteiger partial charge in [-0.05, 0) is 85.1 Å². The molecule has 194 valence electrons. The van der Waals surface area contributed by atoms with E-state index >= 15 is 0 Å². The monoisotopic (exact) mass is 542 g/mol. The van der Waals surface area contributed by atoms with Crippen LogP contribution in [0.4, 0.5) is 11.4 Å². The molecule has 2 aliphatic rings. The average Bonchev–Trinajstić information content (AvgIpc) is 3.53. The van der Waals surface area contributed by atoms with Crippen molar-refractivity contribution < 1.29 is 0 Å². The van der Waals surface area contributed by atoms with Gasteiger partial charge in [0.2, 0.25) is 0 Å². The Morgan fingerprint density at radius 3 is 2.50 bits per heavy atom. The molecule has 2 saturated heterocycles. The highest BCUT2D eigenvalue weighted by Gasteiger charge is 2.42. The molecule has 0 radical (unpaired) electrons. The molecule has 38 heavy (non-hydrogen) atoms. The van der Waals surface area contributed by atoms with Gasteiger partial charge in [-0.3, -0.25) is 9.97 Å². The van der Waals surface area contributed by atoms with Gasteiger partial charge >= 0.3 is 0 Å². The normalized spacial score (nSPS) is 23.5. The van der Waals surface area contributed by atoms with Crippen molar-refractivity contribution in [2.24, 2.45) is 11.8 Å². The van der Waals surface area contributed by atoms with Crippen molar-refractivity contribution in [2.75, 3.05) is 22.9 Å². The molecule has 0 spiro atoms. The minimum absolute atomic E-state index is 0.142. The first-order valence-corrected chi connectivity index (χ1v) is 13.9. The maximum atomic E-state index is 6.98. The Labute approximate surface area is 234 Å². The lowest BCUT2D eigenvalue weighted by atomic mass is 9.91. The van der Waals surface area contributed by atoms with Crippen LogP contribution in [-0.4, -0.2) is 32.7 Å². The number of nitrogens with one attached hydrogen (secondary N) is 1. The predicted octanol–water partition coefficient (Wildman–Crippen LogP) is 6.58. The maximum Gasteiger partial charge on any atom is 0.174 e. The van der Waals surface area contributed by atoms with Crippen molar-refractivity contribution in [2.45, 2.75) is 32.4 Å². The van der Waals surface area contributed by atoms with Crippen molar-refractivity contribution in [3.63, 3.8) is 0 Å². The number of hydrogen-bond donors (Lipinski definition) is 1. The zero-order chi connectivity index (χ0) is 26.2. The lowest BCUT2D eigenvalue weighted by molar-refractivity contribution is 0.357. The summed E-state index contributed by atoms with van der Waals surface area (Å²) in [7, 11) is 0. The number of thiocarbonyl (C=S) groups is 1. The van der Waals surface area contributed by atoms with Gasteiger partial charge in [0.15, 0.2) is 5.11 Å². The summed E-state index contributed by atoms with van der Waals surface area (Å²) < 4.78 is 2.17. The molecular formula is C30H31ClN6S. The van der Waals surface area contributed by atoms with E-state index in [9.17, 15) is 0 Å². The minimum Gasteiger partial charge on any atom is -0.370 e. The molecule has 5 heterocycles. The molecular weight excluding hydrogens is 512 g/mol. The Balaban J connectivity index is 1.42. The molecule has 6 nitrogen and oxygen atoms in total. The lowest BCUT2D eigenvalue weighted by Crippen LogP contribution is -2.38. The van der Waals surface area contributed by atoms with E-state index in [1.54, 1.807) is 6.20 Å². The summed E-state index contributed by atoms with van der Waals surface area (Å²) in [6, 6.07) is 20.3. The quantitative estimate of drug-likeness (QED) is 0.287. The van der Waals surface area contributed by atoms with Crippen LogP contribution in [0.5, 0.6) is 0 Å². The number of pyridine rings is 2. The molecule has 0 amide bonds. The summed E-state index contributed by atoms with van der Waals surface area (Å²) in [6.07, 6.45) is 8.81. The smallest absolute Gasteiger partial charge is 0.174 e. The van der Waals surface area contributed by atoms with Crippen molar-refractivity contribution in [3.05, 3.63) is 102 Å². The van der Waals surface area contributed by atoms with Crippen molar-refractivity contribution in [1.82, 2.24) is 19.9 Å². The molecule has 8 heteroatoms. The zero-order valence-corrected chi connectivity index (χ0v) is 23.1. The number of anilines is 2. The number of piperidine rings is 1. The van der Waals surface area contributed by atoms with E-state index in [1.165, 1.54) is 6.42 Å². The van der Waals surface area contributed by atoms with Crippen LogP contribution in [0.3, 0.4) is 0 Å². The molecule has 4 aromatic rings. The summed E-state index contributed by atoms with van der Waals surface area (Å²) in [5, 5.41) is 4.95. The van der Waals surface area contributed by atoms with Gasteiger partial charge in [0, 0.05) is 43.1 Å². The van der Waals surface area contributed by atoms with Crippen molar-refractivity contribution in [3.8, 4) is 5.69 Å². The van der Waals surface area contributed by atoms with Gasteiger partial charge in [0.05, 0.1) is 34.3 Å². The first-order valence-electron chi connectivity index (χ1n) is 13.1. The minimum atomic E-state index is -0.149. The number of benzene rings is 1. The van der Waals surface area contributed by atoms with E-state index in [0.29, 0.717) is 16.9 Å². The Bertz CT molecular complexity index is 1420. The Hall–Kier alpha value is -3.42. The second-order valence-electron chi connectivity index (χ2n) is 10.5. The number of rotatable bonds is 5. The molecule has 6 rings (SSSR count). The third kappa shape index (κ3) is 4.65. The van der Waals surface area contributed by atoms with E-state index in [4.69, 9.17) is 23.8 Å². The van der Waals surface area contributed by atoms with Crippen LogP contribution in [0.2, 0.25) is 5.02 Å². The summed E-state index contributed by atoms with van der Waals surface area (Å²) in [5.74, 6) is 1.29. The van der Waals surface area contributed by atoms with Crippen molar-refractivity contribution in [1.29, 1.82) is 0 Å². The van der Waals surface area contributed by atoms with E-state index in [2.05, 4.69) is 86.1 Å². The molecule has 0 unspecified atom stereocenters. The summed E-state index contributed by atoms with van der Waals surface area (Å²) in [4.78, 5) is 13.6. The fraction of sp³-hybridized carbons (Fsp3) is 0.300. The summed E-state index contributed by atoms with van der Waals surface area (Å²) >= 11 is 12.9. The highest BCUT2D eigenvalue weighted by Crippen LogP contribution is 2.44. The van der Waals surface area contributed by atoms with Gasteiger partial charge in [-0.15, -0.1) is 0 Å². The third-order valence-corrected chi connectivity index (χ3v) is 8.14. The van der Waals surface area contributed by atoms with Crippen molar-refractivity contribution >= 4 is 40.3 Å². The Morgan fingerprint density at radius 2 is 1.79 bits per heavy atom. The largest absolute Gasteiger partial charge is 0.370 e. The second-order valence-corrected chi connectivity index (χ2v) is 11.3. The van der Waals surface area contributed by atoms with E-state index in [0.717, 1.165) is 46.6 Å². The zero-order valence-electron chi connectivity index (χ0n) is 21.5. The number of nitrogens with zero attached hydrogens (tertiary/aromatic N) is 5. The first kappa shape index (κ1) is 24.9. The highest BCUT2D eigenvalue weighted by molar-refractivity contribution is 7.80. The number of aromatic nitrogens is 3. The standard InChI is InChI=1S/C30H31ClN6S/c1-20-15-21(2)19-35(18-20)26-11-10-22(16-24(26)31)37-29(28(34-30(37)38)25-8-3-4-13-33-25)27-9-6-14-36(27)23-7-5-12-32-17-23/h3-14,16-17,20-21,28-29H,15,18-19H2,1-2H3,(H,34,38)/t20-,21+,28-,29+/m1/s1. The van der Waals surface area contributed by atoms with E-state index in [1.807, 2.05) is 36.7 Å². The predicted molar refractivity (Wildman–Crippen MR) is 158 cm³/mol. The lowest BCUT2D eigenvalue weighted by Gasteiger charge is -2.37.